The van der Waals surface area contributed by atoms with Crippen LogP contribution in [0.15, 0.2) is 52.4 Å². The van der Waals surface area contributed by atoms with Crippen LogP contribution in [-0.2, 0) is 30.9 Å². The lowest BCUT2D eigenvalue weighted by molar-refractivity contribution is -0.141. The number of esters is 1. The first-order valence-electron chi connectivity index (χ1n) is 11.6. The van der Waals surface area contributed by atoms with Crippen LogP contribution in [0.1, 0.15) is 38.2 Å². The highest BCUT2D eigenvalue weighted by Crippen LogP contribution is 2.26. The number of carbonyl (C=O) groups is 2. The third kappa shape index (κ3) is 5.42. The molecule has 1 fully saturated rings. The Balaban J connectivity index is 1.66. The Kier molecular flexibility index (Phi) is 7.72. The van der Waals surface area contributed by atoms with Crippen LogP contribution in [0.25, 0.3) is 10.2 Å². The predicted octanol–water partition coefficient (Wildman–Crippen LogP) is 3.67. The number of ether oxygens (including phenoxy) is 1. The standard InChI is InChI=1S/C25H28FN3O5S2/c1-16(2)17-6-11-21-22(13-17)35-25(29(21)15-23(30)34-3)27-24(31)18-5-4-12-28(14-18)36(32,33)20-9-7-19(26)8-10-20/h6-11,13,16,18H,4-5,12,14-15H2,1-3H3. The van der Waals surface area contributed by atoms with Crippen molar-refractivity contribution in [3.05, 3.63) is 58.6 Å². The Morgan fingerprint density at radius 2 is 1.92 bits per heavy atom. The number of amides is 1. The lowest BCUT2D eigenvalue weighted by Crippen LogP contribution is -2.42. The van der Waals surface area contributed by atoms with Gasteiger partial charge in [0.2, 0.25) is 10.0 Å². The summed E-state index contributed by atoms with van der Waals surface area (Å²) in [6.45, 7) is 4.33. The molecule has 1 aliphatic rings. The van der Waals surface area contributed by atoms with Gasteiger partial charge in [-0.15, -0.1) is 0 Å². The summed E-state index contributed by atoms with van der Waals surface area (Å²) in [6.07, 6.45) is 0.996. The van der Waals surface area contributed by atoms with Gasteiger partial charge in [0.25, 0.3) is 5.91 Å². The first kappa shape index (κ1) is 26.2. The van der Waals surface area contributed by atoms with Crippen molar-refractivity contribution in [3.8, 4) is 0 Å². The van der Waals surface area contributed by atoms with Gasteiger partial charge in [-0.05, 0) is 60.7 Å². The first-order valence-corrected chi connectivity index (χ1v) is 13.9. The number of nitrogens with zero attached hydrogens (tertiary/aromatic N) is 3. The second kappa shape index (κ2) is 10.6. The normalized spacial score (nSPS) is 17.6. The van der Waals surface area contributed by atoms with Gasteiger partial charge in [0, 0.05) is 13.1 Å². The number of fused-ring (bicyclic) bond motifs is 1. The van der Waals surface area contributed by atoms with Crippen LogP contribution >= 0.6 is 11.3 Å². The number of halogens is 1. The van der Waals surface area contributed by atoms with Crippen LogP contribution in [0.4, 0.5) is 4.39 Å². The molecule has 11 heteroatoms. The van der Waals surface area contributed by atoms with E-state index in [-0.39, 0.29) is 24.5 Å². The smallest absolute Gasteiger partial charge is 0.325 e. The molecule has 1 aromatic heterocycles. The number of benzene rings is 2. The SMILES string of the molecule is COC(=O)Cn1c(=NC(=O)C2CCCN(S(=O)(=O)c3ccc(F)cc3)C2)sc2cc(C(C)C)ccc21. The summed E-state index contributed by atoms with van der Waals surface area (Å²) in [5.41, 5.74) is 1.89. The Labute approximate surface area is 213 Å². The van der Waals surface area contributed by atoms with Gasteiger partial charge < -0.3 is 9.30 Å². The molecule has 1 unspecified atom stereocenters. The Morgan fingerprint density at radius 3 is 2.58 bits per heavy atom. The summed E-state index contributed by atoms with van der Waals surface area (Å²) in [5, 5.41) is 0. The van der Waals surface area contributed by atoms with Crippen LogP contribution in [-0.4, -0.2) is 49.4 Å². The summed E-state index contributed by atoms with van der Waals surface area (Å²) >= 11 is 1.31. The van der Waals surface area contributed by atoms with Gasteiger partial charge in [-0.25, -0.2) is 12.8 Å². The number of rotatable bonds is 6. The molecule has 0 saturated carbocycles. The highest BCUT2D eigenvalue weighted by molar-refractivity contribution is 7.89. The molecular weight excluding hydrogens is 505 g/mol. The molecule has 8 nitrogen and oxygen atoms in total. The molecule has 1 amide bonds. The molecule has 0 aliphatic carbocycles. The van der Waals surface area contributed by atoms with Crippen molar-refractivity contribution in [3.63, 3.8) is 0 Å². The molecule has 1 saturated heterocycles. The highest BCUT2D eigenvalue weighted by atomic mass is 32.2. The number of methoxy groups -OCH3 is 1. The zero-order chi connectivity index (χ0) is 26.0. The fourth-order valence-corrected chi connectivity index (χ4v) is 6.79. The molecule has 36 heavy (non-hydrogen) atoms. The van der Waals surface area contributed by atoms with E-state index in [1.807, 2.05) is 18.2 Å². The van der Waals surface area contributed by atoms with E-state index in [0.717, 1.165) is 27.9 Å². The third-order valence-corrected chi connectivity index (χ3v) is 9.20. The van der Waals surface area contributed by atoms with Gasteiger partial charge in [0.05, 0.1) is 28.1 Å². The molecule has 0 N–H and O–H groups in total. The molecule has 0 bridgehead atoms. The van der Waals surface area contributed by atoms with Crippen molar-refractivity contribution < 1.29 is 27.1 Å². The Morgan fingerprint density at radius 1 is 1.19 bits per heavy atom. The minimum Gasteiger partial charge on any atom is -0.468 e. The maximum absolute atomic E-state index is 13.3. The van der Waals surface area contributed by atoms with Crippen LogP contribution in [0.2, 0.25) is 0 Å². The van der Waals surface area contributed by atoms with Crippen LogP contribution in [0.5, 0.6) is 0 Å². The van der Waals surface area contributed by atoms with Gasteiger partial charge in [0.15, 0.2) is 4.80 Å². The van der Waals surface area contributed by atoms with Crippen molar-refractivity contribution in [1.29, 1.82) is 0 Å². The second-order valence-corrected chi connectivity index (χ2v) is 12.0. The highest BCUT2D eigenvalue weighted by Gasteiger charge is 2.33. The van der Waals surface area contributed by atoms with Crippen molar-refractivity contribution in [2.75, 3.05) is 20.2 Å². The monoisotopic (exact) mass is 533 g/mol. The molecule has 1 aliphatic heterocycles. The van der Waals surface area contributed by atoms with E-state index in [9.17, 15) is 22.4 Å². The molecule has 3 aromatic rings. The number of hydrogen-bond donors (Lipinski definition) is 0. The van der Waals surface area contributed by atoms with Crippen molar-refractivity contribution >= 4 is 43.5 Å². The third-order valence-electron chi connectivity index (χ3n) is 6.28. The zero-order valence-corrected chi connectivity index (χ0v) is 21.9. The van der Waals surface area contributed by atoms with Crippen molar-refractivity contribution in [2.24, 2.45) is 10.9 Å². The number of thiazole rings is 1. The van der Waals surface area contributed by atoms with E-state index < -0.39 is 33.6 Å². The molecule has 0 radical (unpaired) electrons. The largest absolute Gasteiger partial charge is 0.468 e. The van der Waals surface area contributed by atoms with E-state index in [1.54, 1.807) is 4.57 Å². The molecule has 192 valence electrons. The topological polar surface area (TPSA) is 98.0 Å². The molecule has 2 heterocycles. The van der Waals surface area contributed by atoms with Crippen molar-refractivity contribution in [1.82, 2.24) is 8.87 Å². The lowest BCUT2D eigenvalue weighted by atomic mass is 9.99. The fourth-order valence-electron chi connectivity index (χ4n) is 4.18. The van der Waals surface area contributed by atoms with E-state index in [4.69, 9.17) is 4.74 Å². The van der Waals surface area contributed by atoms with Gasteiger partial charge >= 0.3 is 5.97 Å². The quantitative estimate of drug-likeness (QED) is 0.451. The minimum absolute atomic E-state index is 0.0125. The molecule has 4 rings (SSSR count). The number of piperidine rings is 1. The van der Waals surface area contributed by atoms with Gasteiger partial charge in [-0.3, -0.25) is 9.59 Å². The molecular formula is C25H28FN3O5S2. The van der Waals surface area contributed by atoms with Crippen molar-refractivity contribution in [2.45, 2.75) is 44.0 Å². The van der Waals surface area contributed by atoms with Gasteiger partial charge in [-0.1, -0.05) is 31.3 Å². The summed E-state index contributed by atoms with van der Waals surface area (Å²) in [6, 6.07) is 10.6. The summed E-state index contributed by atoms with van der Waals surface area (Å²) in [5.74, 6) is -1.75. The zero-order valence-electron chi connectivity index (χ0n) is 20.3. The average Bonchev–Trinajstić information content (AvgIpc) is 3.20. The van der Waals surface area contributed by atoms with Crippen LogP contribution in [0, 0.1) is 11.7 Å². The Hall–Kier alpha value is -2.89. The van der Waals surface area contributed by atoms with E-state index in [2.05, 4.69) is 18.8 Å². The number of hydrogen-bond acceptors (Lipinski definition) is 6. The van der Waals surface area contributed by atoms with E-state index in [0.29, 0.717) is 23.6 Å². The first-order chi connectivity index (χ1) is 17.1. The number of sulfonamides is 1. The second-order valence-electron chi connectivity index (χ2n) is 9.03. The Bertz CT molecular complexity index is 1460. The average molecular weight is 534 g/mol. The number of aromatic nitrogens is 1. The maximum atomic E-state index is 13.3. The molecule has 0 spiro atoms. The van der Waals surface area contributed by atoms with E-state index in [1.165, 1.54) is 34.9 Å². The molecule has 1 atom stereocenters. The minimum atomic E-state index is -3.87. The summed E-state index contributed by atoms with van der Waals surface area (Å²) in [4.78, 5) is 30.0. The maximum Gasteiger partial charge on any atom is 0.325 e. The fraction of sp³-hybridized carbons (Fsp3) is 0.400. The lowest BCUT2D eigenvalue weighted by Gasteiger charge is -2.30. The molecule has 2 aromatic carbocycles. The van der Waals surface area contributed by atoms with Gasteiger partial charge in [-0.2, -0.15) is 9.30 Å². The summed E-state index contributed by atoms with van der Waals surface area (Å²) < 4.78 is 48.0. The summed E-state index contributed by atoms with van der Waals surface area (Å²) in [7, 11) is -2.57. The van der Waals surface area contributed by atoms with Crippen LogP contribution < -0.4 is 4.80 Å². The number of carbonyl (C=O) groups excluding carboxylic acids is 2. The van der Waals surface area contributed by atoms with E-state index >= 15 is 0 Å². The van der Waals surface area contributed by atoms with Gasteiger partial charge in [0.1, 0.15) is 12.4 Å². The van der Waals surface area contributed by atoms with Crippen LogP contribution in [0.3, 0.4) is 0 Å². The predicted molar refractivity (Wildman–Crippen MR) is 134 cm³/mol.